The second-order valence-electron chi connectivity index (χ2n) is 26.1. The smallest absolute Gasteiger partial charge is 0.444 e. The Kier molecular flexibility index (Phi) is 21.6. The Morgan fingerprint density at radius 3 is 1.20 bits per heavy atom. The maximum Gasteiger partial charge on any atom is 0.488 e. The number of fused-ring (bicyclic) bond motifs is 3. The first-order valence-electron chi connectivity index (χ1n) is 31.4. The third-order valence-corrected chi connectivity index (χ3v) is 17.6. The first-order chi connectivity index (χ1) is 42.9. The fourth-order valence-corrected chi connectivity index (χ4v) is 12.3. The predicted molar refractivity (Wildman–Crippen MR) is 375 cm³/mol. The van der Waals surface area contributed by atoms with E-state index in [0.29, 0.717) is 31.6 Å². The van der Waals surface area contributed by atoms with E-state index in [9.17, 15) is 9.59 Å². The first-order valence-corrected chi connectivity index (χ1v) is 32.2. The maximum atomic E-state index is 12.5. The second-order valence-corrected chi connectivity index (χ2v) is 26.9. The number of carbonyl (C=O) groups is 2. The largest absolute Gasteiger partial charge is 0.488 e. The van der Waals surface area contributed by atoms with E-state index in [4.69, 9.17) is 19.5 Å². The predicted octanol–water partition coefficient (Wildman–Crippen LogP) is 17.6. The molecule has 0 saturated carbocycles. The summed E-state index contributed by atoms with van der Waals surface area (Å²) in [5.74, 6) is 0. The van der Waals surface area contributed by atoms with Gasteiger partial charge < -0.3 is 34.6 Å². The Bertz CT molecular complexity index is 4030. The topological polar surface area (TPSA) is 112 Å². The molecule has 0 saturated heterocycles. The Hall–Kier alpha value is -8.06. The number of benzene rings is 9. The van der Waals surface area contributed by atoms with Crippen LogP contribution in [0, 0.1) is 41.5 Å². The molecule has 3 heterocycles. The first kappa shape index (κ1) is 66.4. The summed E-state index contributed by atoms with van der Waals surface area (Å²) in [4.78, 5) is 28.3. The summed E-state index contributed by atoms with van der Waals surface area (Å²) >= 11 is 3.61. The number of carbonyl (C=O) groups excluding carboxylic acids is 2. The van der Waals surface area contributed by atoms with Crippen LogP contribution in [0.5, 0.6) is 0 Å². The van der Waals surface area contributed by atoms with Crippen LogP contribution in [-0.4, -0.2) is 70.0 Å². The molecule has 0 aromatic heterocycles. The van der Waals surface area contributed by atoms with Crippen molar-refractivity contribution in [2.75, 3.05) is 19.6 Å². The van der Waals surface area contributed by atoms with Gasteiger partial charge in [0.1, 0.15) is 11.2 Å². The van der Waals surface area contributed by atoms with Gasteiger partial charge in [-0.25, -0.2) is 9.59 Å². The molecule has 90 heavy (non-hydrogen) atoms. The maximum absolute atomic E-state index is 12.5. The molecule has 9 aromatic rings. The van der Waals surface area contributed by atoms with Gasteiger partial charge in [0.2, 0.25) is 0 Å². The molecule has 2 amide bonds. The van der Waals surface area contributed by atoms with Crippen molar-refractivity contribution in [1.29, 1.82) is 0 Å². The lowest BCUT2D eigenvalue weighted by molar-refractivity contribution is 0.0214. The Morgan fingerprint density at radius 2 is 0.800 bits per heavy atom. The number of hydrogen-bond acceptors (Lipinski definition) is 7. The molecule has 3 aliphatic heterocycles. The van der Waals surface area contributed by atoms with Crippen LogP contribution in [0.3, 0.4) is 0 Å². The molecule has 0 bridgehead atoms. The number of nitrogens with one attached hydrogen (secondary N) is 1. The summed E-state index contributed by atoms with van der Waals surface area (Å²) in [5.41, 5.74) is 27.9. The van der Waals surface area contributed by atoms with Crippen LogP contribution in [-0.2, 0) is 48.4 Å². The molecule has 3 aliphatic rings. The van der Waals surface area contributed by atoms with E-state index in [1.54, 1.807) is 28.0 Å². The zero-order chi connectivity index (χ0) is 64.4. The van der Waals surface area contributed by atoms with Gasteiger partial charge in [-0.1, -0.05) is 209 Å². The average Bonchev–Trinajstić information content (AvgIpc) is 0.842. The third-order valence-electron chi connectivity index (χ3n) is 16.7. The number of aryl methyl sites for hydroxylation is 3. The molecule has 11 heteroatoms. The fraction of sp³-hybridized carbons (Fsp3) is 0.291. The van der Waals surface area contributed by atoms with E-state index < -0.39 is 18.3 Å². The van der Waals surface area contributed by atoms with Crippen LogP contribution in [0.4, 0.5) is 9.59 Å². The van der Waals surface area contributed by atoms with Crippen molar-refractivity contribution in [2.24, 2.45) is 0 Å². The normalized spacial score (nSPS) is 13.3. The number of hydrogen-bond donors (Lipinski definition) is 3. The van der Waals surface area contributed by atoms with Crippen molar-refractivity contribution in [3.8, 4) is 55.6 Å². The quantitative estimate of drug-likeness (QED) is 0.142. The van der Waals surface area contributed by atoms with Gasteiger partial charge in [0.15, 0.2) is 0 Å². The van der Waals surface area contributed by atoms with Crippen molar-refractivity contribution >= 4 is 40.7 Å². The minimum Gasteiger partial charge on any atom is -0.444 e. The van der Waals surface area contributed by atoms with Gasteiger partial charge in [-0.2, -0.15) is 0 Å². The molecule has 3 N–H and O–H groups in total. The molecule has 0 unspecified atom stereocenters. The molecular formula is C79H87BBrN3O6. The van der Waals surface area contributed by atoms with Gasteiger partial charge in [-0.05, 0) is 226 Å². The Balaban J connectivity index is 0.000000150. The van der Waals surface area contributed by atoms with E-state index in [1.165, 1.54) is 117 Å². The van der Waals surface area contributed by atoms with Gasteiger partial charge in [0, 0.05) is 37.2 Å². The van der Waals surface area contributed by atoms with Crippen molar-refractivity contribution in [3.05, 3.63) is 253 Å². The highest BCUT2D eigenvalue weighted by atomic mass is 79.9. The summed E-state index contributed by atoms with van der Waals surface area (Å²) in [7, 11) is -1.35. The molecule has 464 valence electrons. The average molecular weight is 1270 g/mol. The standard InChI is InChI=1S/C28H31NO2.C23H23N.C21H24BrNO2.C7H9BO2/c1-19-8-6-9-22(16-19)25-10-7-11-26(20(25)2)23-12-13-24-18-29(15-14-21(24)17-23)27(30)31-28(3,4)5;1-16-5-3-6-19(13-16)22-7-4-8-23(17(22)2)20-9-10-21-15-24-12-11-18(21)14-20;1-14-18(6-5-7-19(14)22)16-8-9-17-13-23(11-10-15(17)12-16)20(24)25-21(2,3)4;1-6-3-2-4-7(5-6)8(9)10/h6-13,16-17H,14-15,18H2,1-5H3;3-10,13-14,24H,11-12,15H2,1-2H3;5-9,12H,10-11,13H2,1-4H3;2-5,9-10H,1H3. The zero-order valence-electron chi connectivity index (χ0n) is 54.6. The Labute approximate surface area is 543 Å². The van der Waals surface area contributed by atoms with E-state index in [2.05, 4.69) is 214 Å². The molecule has 12 rings (SSSR count). The molecule has 0 spiro atoms. The van der Waals surface area contributed by atoms with Crippen LogP contribution < -0.4 is 10.8 Å². The van der Waals surface area contributed by atoms with Crippen molar-refractivity contribution in [1.82, 2.24) is 15.1 Å². The monoisotopic (exact) mass is 1260 g/mol. The third kappa shape index (κ3) is 17.3. The van der Waals surface area contributed by atoms with Gasteiger partial charge in [0.25, 0.3) is 0 Å². The molecule has 0 fully saturated rings. The fourth-order valence-electron chi connectivity index (χ4n) is 11.9. The minimum atomic E-state index is -1.35. The van der Waals surface area contributed by atoms with Gasteiger partial charge in [-0.3, -0.25) is 0 Å². The number of rotatable bonds is 6. The van der Waals surface area contributed by atoms with Crippen LogP contribution in [0.2, 0.25) is 0 Å². The molecule has 0 atom stereocenters. The van der Waals surface area contributed by atoms with Crippen molar-refractivity contribution < 1.29 is 29.1 Å². The zero-order valence-corrected chi connectivity index (χ0v) is 56.1. The van der Waals surface area contributed by atoms with Gasteiger partial charge in [0.05, 0.1) is 0 Å². The van der Waals surface area contributed by atoms with Gasteiger partial charge >= 0.3 is 19.3 Å². The summed E-state index contributed by atoms with van der Waals surface area (Å²) < 4.78 is 12.2. The van der Waals surface area contributed by atoms with Crippen LogP contribution in [0.25, 0.3) is 55.6 Å². The lowest BCUT2D eigenvalue weighted by Gasteiger charge is -2.31. The highest BCUT2D eigenvalue weighted by molar-refractivity contribution is 9.10. The van der Waals surface area contributed by atoms with E-state index in [1.807, 2.05) is 54.5 Å². The van der Waals surface area contributed by atoms with Crippen LogP contribution >= 0.6 is 15.9 Å². The van der Waals surface area contributed by atoms with Gasteiger partial charge in [-0.15, -0.1) is 0 Å². The van der Waals surface area contributed by atoms with Crippen molar-refractivity contribution in [2.45, 2.75) is 133 Å². The number of nitrogens with zero attached hydrogens (tertiary/aromatic N) is 2. The van der Waals surface area contributed by atoms with Crippen molar-refractivity contribution in [3.63, 3.8) is 0 Å². The minimum absolute atomic E-state index is 0.231. The highest BCUT2D eigenvalue weighted by Crippen LogP contribution is 2.37. The summed E-state index contributed by atoms with van der Waals surface area (Å²) in [6.45, 7) is 28.9. The van der Waals surface area contributed by atoms with Crippen LogP contribution in [0.1, 0.15) is 108 Å². The van der Waals surface area contributed by atoms with Crippen LogP contribution in [0.15, 0.2) is 186 Å². The molecular weight excluding hydrogens is 1180 g/mol. The Morgan fingerprint density at radius 1 is 0.433 bits per heavy atom. The van der Waals surface area contributed by atoms with E-state index in [0.717, 1.165) is 42.4 Å². The van der Waals surface area contributed by atoms with E-state index >= 15 is 0 Å². The molecule has 9 aromatic carbocycles. The second kappa shape index (κ2) is 29.3. The molecule has 0 aliphatic carbocycles. The SMILES string of the molecule is Cc1c(Br)cccc1-c1ccc2c(c1)CCN(C(=O)OC(C)(C)C)C2.Cc1cccc(-c2cccc(-c3ccc4c(c3)CCN(C(=O)OC(C)(C)C)C4)c2C)c1.Cc1cccc(-c2cccc(-c3ccc4c(c3)CCNC4)c2C)c1.Cc1cccc(B(O)O)c1. The number of ether oxygens (including phenoxy) is 2. The number of halogens is 1. The summed E-state index contributed by atoms with van der Waals surface area (Å²) in [6, 6.07) is 64.2. The molecule has 9 nitrogen and oxygen atoms in total. The summed E-state index contributed by atoms with van der Waals surface area (Å²) in [5, 5.41) is 20.9. The molecule has 0 radical (unpaired) electrons. The lowest BCUT2D eigenvalue weighted by Crippen LogP contribution is -2.39. The highest BCUT2D eigenvalue weighted by Gasteiger charge is 2.28. The summed E-state index contributed by atoms with van der Waals surface area (Å²) in [6.07, 6.45) is 2.36. The van der Waals surface area contributed by atoms with E-state index in [-0.39, 0.29) is 12.2 Å². The number of amides is 2. The lowest BCUT2D eigenvalue weighted by atomic mass is 9.80.